The van der Waals surface area contributed by atoms with Crippen LogP contribution in [0.25, 0.3) is 0 Å². The van der Waals surface area contributed by atoms with Crippen LogP contribution in [0.5, 0.6) is 0 Å². The first-order chi connectivity index (χ1) is 5.07. The van der Waals surface area contributed by atoms with Gasteiger partial charge < -0.3 is 15.6 Å². The third-order valence-corrected chi connectivity index (χ3v) is 1.49. The summed E-state index contributed by atoms with van der Waals surface area (Å²) in [6, 6.07) is 0. The molecule has 3 N–H and O–H groups in total. The Bertz CT molecular complexity index is 125. The first-order valence-corrected chi connectivity index (χ1v) is 3.59. The summed E-state index contributed by atoms with van der Waals surface area (Å²) < 4.78 is 4.68. The van der Waals surface area contributed by atoms with Crippen molar-refractivity contribution in [2.45, 2.75) is 20.0 Å². The van der Waals surface area contributed by atoms with Gasteiger partial charge >= 0.3 is 5.97 Å². The quantitative estimate of drug-likeness (QED) is 0.545. The molecule has 0 unspecified atom stereocenters. The summed E-state index contributed by atoms with van der Waals surface area (Å²) in [5, 5.41) is 9.05. The Morgan fingerprint density at radius 3 is 2.55 bits per heavy atom. The van der Waals surface area contributed by atoms with Crippen molar-refractivity contribution in [3.05, 3.63) is 0 Å². The van der Waals surface area contributed by atoms with E-state index < -0.39 is 6.10 Å². The number of carbonyl (C=O) groups is 1. The first kappa shape index (κ1) is 10.4. The molecule has 0 aliphatic rings. The van der Waals surface area contributed by atoms with Crippen molar-refractivity contribution >= 4 is 5.97 Å². The number of aliphatic hydroxyl groups is 1. The number of esters is 1. The molecule has 66 valence electrons. The van der Waals surface area contributed by atoms with Crippen LogP contribution in [0.3, 0.4) is 0 Å². The molecule has 0 saturated carbocycles. The lowest BCUT2D eigenvalue weighted by Crippen LogP contribution is -2.30. The fourth-order valence-corrected chi connectivity index (χ4v) is 0.629. The standard InChI is InChI=1S/C7H15NO3/c1-5(9)7(3-8)4-11-6(2)10/h5,7,9H,3-4,8H2,1-2H3/t5-,7-/m1/s1. The van der Waals surface area contributed by atoms with E-state index in [4.69, 9.17) is 10.8 Å². The Labute approximate surface area is 66.3 Å². The highest BCUT2D eigenvalue weighted by atomic mass is 16.5. The molecule has 4 heteroatoms. The van der Waals surface area contributed by atoms with Crippen molar-refractivity contribution in [1.29, 1.82) is 0 Å². The summed E-state index contributed by atoms with van der Waals surface area (Å²) >= 11 is 0. The lowest BCUT2D eigenvalue weighted by atomic mass is 10.1. The molecule has 0 fully saturated rings. The topological polar surface area (TPSA) is 72.5 Å². The zero-order chi connectivity index (χ0) is 8.85. The summed E-state index contributed by atoms with van der Waals surface area (Å²) in [5.41, 5.74) is 5.31. The van der Waals surface area contributed by atoms with Gasteiger partial charge in [-0.25, -0.2) is 0 Å². The maximum absolute atomic E-state index is 10.3. The molecule has 0 heterocycles. The molecule has 0 spiro atoms. The molecule has 0 aliphatic heterocycles. The van der Waals surface area contributed by atoms with E-state index in [0.717, 1.165) is 0 Å². The predicted octanol–water partition coefficient (Wildman–Crippen LogP) is -0.495. The zero-order valence-electron chi connectivity index (χ0n) is 6.91. The number of aliphatic hydroxyl groups excluding tert-OH is 1. The summed E-state index contributed by atoms with van der Waals surface area (Å²) in [7, 11) is 0. The molecule has 0 aromatic heterocycles. The van der Waals surface area contributed by atoms with Crippen LogP contribution in [0.1, 0.15) is 13.8 Å². The monoisotopic (exact) mass is 161 g/mol. The first-order valence-electron chi connectivity index (χ1n) is 3.59. The van der Waals surface area contributed by atoms with Crippen molar-refractivity contribution in [1.82, 2.24) is 0 Å². The number of carbonyl (C=O) groups excluding carboxylic acids is 1. The third-order valence-electron chi connectivity index (χ3n) is 1.49. The van der Waals surface area contributed by atoms with Crippen molar-refractivity contribution in [3.63, 3.8) is 0 Å². The number of nitrogens with two attached hydrogens (primary N) is 1. The van der Waals surface area contributed by atoms with E-state index >= 15 is 0 Å². The molecule has 0 saturated heterocycles. The molecule has 0 aromatic carbocycles. The maximum atomic E-state index is 10.3. The van der Waals surface area contributed by atoms with Crippen LogP contribution in [0.4, 0.5) is 0 Å². The summed E-state index contributed by atoms with van der Waals surface area (Å²) in [6.07, 6.45) is -0.528. The van der Waals surface area contributed by atoms with E-state index in [2.05, 4.69) is 4.74 Å². The molecule has 0 radical (unpaired) electrons. The van der Waals surface area contributed by atoms with Gasteiger partial charge in [0.2, 0.25) is 0 Å². The number of hydrogen-bond acceptors (Lipinski definition) is 4. The smallest absolute Gasteiger partial charge is 0.302 e. The van der Waals surface area contributed by atoms with Gasteiger partial charge in [-0.15, -0.1) is 0 Å². The van der Waals surface area contributed by atoms with Crippen molar-refractivity contribution in [2.75, 3.05) is 13.2 Å². The van der Waals surface area contributed by atoms with Crippen LogP contribution in [0.2, 0.25) is 0 Å². The van der Waals surface area contributed by atoms with Crippen molar-refractivity contribution < 1.29 is 14.6 Å². The minimum Gasteiger partial charge on any atom is -0.465 e. The second-order valence-corrected chi connectivity index (χ2v) is 2.54. The second kappa shape index (κ2) is 5.09. The van der Waals surface area contributed by atoms with E-state index in [1.54, 1.807) is 6.92 Å². The molecule has 0 bridgehead atoms. The van der Waals surface area contributed by atoms with E-state index in [-0.39, 0.29) is 18.5 Å². The van der Waals surface area contributed by atoms with Gasteiger partial charge in [0, 0.05) is 19.4 Å². The molecule has 4 nitrogen and oxygen atoms in total. The van der Waals surface area contributed by atoms with E-state index in [1.165, 1.54) is 6.92 Å². The van der Waals surface area contributed by atoms with Gasteiger partial charge in [0.1, 0.15) is 0 Å². The molecule has 0 amide bonds. The highest BCUT2D eigenvalue weighted by Gasteiger charge is 2.13. The minimum absolute atomic E-state index is 0.154. The fraction of sp³-hybridized carbons (Fsp3) is 0.857. The Morgan fingerprint density at radius 2 is 2.27 bits per heavy atom. The second-order valence-electron chi connectivity index (χ2n) is 2.54. The molecule has 0 aromatic rings. The third kappa shape index (κ3) is 4.75. The lowest BCUT2D eigenvalue weighted by molar-refractivity contribution is -0.143. The molecular weight excluding hydrogens is 146 g/mol. The Hall–Kier alpha value is -0.610. The average Bonchev–Trinajstić information content (AvgIpc) is 1.87. The SMILES string of the molecule is CC(=O)OC[C@@H](CN)[C@@H](C)O. The van der Waals surface area contributed by atoms with Gasteiger partial charge in [0.15, 0.2) is 0 Å². The Balaban J connectivity index is 3.61. The normalized spacial score (nSPS) is 15.6. The van der Waals surface area contributed by atoms with Gasteiger partial charge in [-0.05, 0) is 6.92 Å². The summed E-state index contributed by atoms with van der Waals surface area (Å²) in [6.45, 7) is 3.48. The van der Waals surface area contributed by atoms with E-state index in [0.29, 0.717) is 6.54 Å². The van der Waals surface area contributed by atoms with Crippen LogP contribution in [0.15, 0.2) is 0 Å². The van der Waals surface area contributed by atoms with Gasteiger partial charge in [-0.2, -0.15) is 0 Å². The Kier molecular flexibility index (Phi) is 4.81. The Morgan fingerprint density at radius 1 is 1.73 bits per heavy atom. The molecular formula is C7H15NO3. The highest BCUT2D eigenvalue weighted by Crippen LogP contribution is 2.01. The molecule has 11 heavy (non-hydrogen) atoms. The van der Waals surface area contributed by atoms with E-state index in [1.807, 2.05) is 0 Å². The maximum Gasteiger partial charge on any atom is 0.302 e. The van der Waals surface area contributed by atoms with Crippen LogP contribution in [-0.2, 0) is 9.53 Å². The van der Waals surface area contributed by atoms with Gasteiger partial charge in [-0.3, -0.25) is 4.79 Å². The summed E-state index contributed by atoms with van der Waals surface area (Å²) in [5.74, 6) is -0.497. The summed E-state index contributed by atoms with van der Waals surface area (Å²) in [4.78, 5) is 10.3. The number of hydrogen-bond donors (Lipinski definition) is 2. The van der Waals surface area contributed by atoms with Crippen molar-refractivity contribution in [2.24, 2.45) is 11.7 Å². The van der Waals surface area contributed by atoms with Gasteiger partial charge in [-0.1, -0.05) is 0 Å². The van der Waals surface area contributed by atoms with Crippen molar-refractivity contribution in [3.8, 4) is 0 Å². The average molecular weight is 161 g/mol. The highest BCUT2D eigenvalue weighted by molar-refractivity contribution is 5.65. The lowest BCUT2D eigenvalue weighted by Gasteiger charge is -2.16. The molecule has 0 rings (SSSR count). The van der Waals surface area contributed by atoms with Gasteiger partial charge in [0.05, 0.1) is 12.7 Å². The minimum atomic E-state index is -0.528. The largest absolute Gasteiger partial charge is 0.465 e. The predicted molar refractivity (Wildman–Crippen MR) is 40.9 cm³/mol. The van der Waals surface area contributed by atoms with Crippen LogP contribution in [0, 0.1) is 5.92 Å². The fourth-order valence-electron chi connectivity index (χ4n) is 0.629. The van der Waals surface area contributed by atoms with Gasteiger partial charge in [0.25, 0.3) is 0 Å². The number of ether oxygens (including phenoxy) is 1. The zero-order valence-corrected chi connectivity index (χ0v) is 6.91. The van der Waals surface area contributed by atoms with Crippen LogP contribution >= 0.6 is 0 Å². The molecule has 2 atom stereocenters. The number of rotatable bonds is 4. The van der Waals surface area contributed by atoms with E-state index in [9.17, 15) is 4.79 Å². The van der Waals surface area contributed by atoms with Crippen LogP contribution < -0.4 is 5.73 Å². The van der Waals surface area contributed by atoms with Crippen LogP contribution in [-0.4, -0.2) is 30.3 Å². The molecule has 0 aliphatic carbocycles.